The van der Waals surface area contributed by atoms with E-state index in [1.54, 1.807) is 0 Å². The van der Waals surface area contributed by atoms with Crippen molar-refractivity contribution in [2.45, 2.75) is 13.8 Å². The van der Waals surface area contributed by atoms with Crippen molar-refractivity contribution in [3.8, 4) is 28.7 Å². The van der Waals surface area contributed by atoms with E-state index >= 15 is 0 Å². The molecule has 0 saturated carbocycles. The summed E-state index contributed by atoms with van der Waals surface area (Å²) in [6.45, 7) is 4.26. The minimum atomic E-state index is -2.78. The molecule has 5 heteroatoms. The molecule has 7 aromatic carbocycles. The highest BCUT2D eigenvalue weighted by Gasteiger charge is 2.41. The van der Waals surface area contributed by atoms with Gasteiger partial charge in [0.25, 0.3) is 0 Å². The van der Waals surface area contributed by atoms with Gasteiger partial charge in [0.1, 0.15) is 0 Å². The van der Waals surface area contributed by atoms with Gasteiger partial charge in [0, 0.05) is 21.9 Å². The van der Waals surface area contributed by atoms with Crippen LogP contribution in [0.5, 0.6) is 0 Å². The molecule has 52 heavy (non-hydrogen) atoms. The lowest BCUT2D eigenvalue weighted by Gasteiger charge is -2.34. The van der Waals surface area contributed by atoms with Crippen LogP contribution in [-0.4, -0.2) is 27.6 Å². The fraction of sp³-hybridized carbons (Fsp3) is 0.0426. The van der Waals surface area contributed by atoms with Crippen LogP contribution in [-0.2, 0) is 0 Å². The summed E-state index contributed by atoms with van der Waals surface area (Å²) in [6, 6.07) is 65.3. The number of nitrogens with zero attached hydrogens (tertiary/aromatic N) is 4. The Balaban J connectivity index is 1.34. The lowest BCUT2D eigenvalue weighted by Crippen LogP contribution is -2.74. The van der Waals surface area contributed by atoms with Crippen LogP contribution in [0, 0.1) is 13.8 Å². The largest absolute Gasteiger partial charge is 0.278 e. The first-order valence-corrected chi connectivity index (χ1v) is 19.7. The first-order chi connectivity index (χ1) is 25.6. The number of aromatic nitrogens is 4. The van der Waals surface area contributed by atoms with Crippen LogP contribution >= 0.6 is 0 Å². The molecule has 4 nitrogen and oxygen atoms in total. The monoisotopic (exact) mass is 684 g/mol. The maximum absolute atomic E-state index is 5.33. The van der Waals surface area contributed by atoms with Crippen molar-refractivity contribution in [3.63, 3.8) is 0 Å². The molecule has 0 amide bonds. The zero-order chi connectivity index (χ0) is 35.1. The Labute approximate surface area is 304 Å². The first-order valence-electron chi connectivity index (χ1n) is 17.7. The van der Waals surface area contributed by atoms with Gasteiger partial charge in [0.2, 0.25) is 5.95 Å². The van der Waals surface area contributed by atoms with Gasteiger partial charge in [-0.15, -0.1) is 0 Å². The summed E-state index contributed by atoms with van der Waals surface area (Å²) < 4.78 is 2.19. The van der Waals surface area contributed by atoms with Crippen molar-refractivity contribution in [3.05, 3.63) is 193 Å². The van der Waals surface area contributed by atoms with Crippen molar-refractivity contribution >= 4 is 50.6 Å². The number of aryl methyl sites for hydroxylation is 2. The quantitative estimate of drug-likeness (QED) is 0.125. The molecular formula is C47H36N4Si. The molecule has 248 valence electrons. The molecule has 0 fully saturated rings. The molecule has 0 unspecified atom stereocenters. The smallest absolute Gasteiger partial charge is 0.238 e. The van der Waals surface area contributed by atoms with Gasteiger partial charge in [0.05, 0.1) is 11.0 Å². The molecule has 0 aliphatic heterocycles. The maximum Gasteiger partial charge on any atom is 0.238 e. The highest BCUT2D eigenvalue weighted by atomic mass is 28.3. The van der Waals surface area contributed by atoms with Gasteiger partial charge < -0.3 is 0 Å². The van der Waals surface area contributed by atoms with E-state index in [1.807, 2.05) is 0 Å². The predicted octanol–water partition coefficient (Wildman–Crippen LogP) is 8.30. The van der Waals surface area contributed by atoms with Crippen molar-refractivity contribution in [1.29, 1.82) is 0 Å². The molecule has 0 N–H and O–H groups in total. The zero-order valence-electron chi connectivity index (χ0n) is 29.1. The third kappa shape index (κ3) is 5.17. The molecule has 2 heterocycles. The van der Waals surface area contributed by atoms with Crippen LogP contribution < -0.4 is 20.7 Å². The summed E-state index contributed by atoms with van der Waals surface area (Å²) in [6.07, 6.45) is 0. The zero-order valence-corrected chi connectivity index (χ0v) is 30.1. The van der Waals surface area contributed by atoms with E-state index in [0.29, 0.717) is 17.6 Å². The van der Waals surface area contributed by atoms with Crippen LogP contribution in [0.4, 0.5) is 0 Å². The Morgan fingerprint density at radius 1 is 0.404 bits per heavy atom. The molecule has 0 spiro atoms. The van der Waals surface area contributed by atoms with Gasteiger partial charge in [-0.25, -0.2) is 4.98 Å². The van der Waals surface area contributed by atoms with Gasteiger partial charge >= 0.3 is 0 Å². The van der Waals surface area contributed by atoms with Crippen LogP contribution in [0.15, 0.2) is 182 Å². The second kappa shape index (κ2) is 13.0. The molecule has 9 aromatic rings. The third-order valence-corrected chi connectivity index (χ3v) is 15.1. The van der Waals surface area contributed by atoms with E-state index in [1.165, 1.54) is 31.5 Å². The summed E-state index contributed by atoms with van der Waals surface area (Å²) in [7, 11) is -2.78. The Morgan fingerprint density at radius 3 is 1.38 bits per heavy atom. The summed E-state index contributed by atoms with van der Waals surface area (Å²) in [5.41, 5.74) is 6.36. The third-order valence-electron chi connectivity index (χ3n) is 10.3. The summed E-state index contributed by atoms with van der Waals surface area (Å²) in [5.74, 6) is 1.91. The average Bonchev–Trinajstić information content (AvgIpc) is 3.54. The fourth-order valence-electron chi connectivity index (χ4n) is 7.97. The number of hydrogen-bond donors (Lipinski definition) is 0. The number of hydrogen-bond acceptors (Lipinski definition) is 3. The normalized spacial score (nSPS) is 11.7. The molecule has 0 saturated heterocycles. The molecule has 0 bridgehead atoms. The van der Waals surface area contributed by atoms with Crippen molar-refractivity contribution in [2.24, 2.45) is 0 Å². The molecule has 0 radical (unpaired) electrons. The van der Waals surface area contributed by atoms with Gasteiger partial charge in [-0.2, -0.15) is 9.97 Å². The second-order valence-corrected chi connectivity index (χ2v) is 17.2. The highest BCUT2D eigenvalue weighted by Crippen LogP contribution is 2.33. The van der Waals surface area contributed by atoms with E-state index in [2.05, 4.69) is 200 Å². The van der Waals surface area contributed by atoms with E-state index in [9.17, 15) is 0 Å². The van der Waals surface area contributed by atoms with Gasteiger partial charge in [-0.1, -0.05) is 170 Å². The molecule has 2 aromatic heterocycles. The fourth-order valence-corrected chi connectivity index (χ4v) is 12.8. The van der Waals surface area contributed by atoms with E-state index in [0.717, 1.165) is 33.3 Å². The average molecular weight is 685 g/mol. The van der Waals surface area contributed by atoms with E-state index in [-0.39, 0.29) is 0 Å². The maximum atomic E-state index is 5.33. The van der Waals surface area contributed by atoms with Crippen LogP contribution in [0.25, 0.3) is 50.5 Å². The summed E-state index contributed by atoms with van der Waals surface area (Å²) in [5, 5.41) is 7.56. The lowest BCUT2D eigenvalue weighted by atomic mass is 10.0. The molecule has 9 rings (SSSR count). The standard InChI is InChI=1S/C47H36N4Si/c1-33-18-16-19-34(2)44(33)46-48-45(49-47(50-46)51-42-30-14-12-28-40(42)41-29-13-15-31-43(41)51)35-20-17-27-39(32-35)52(36-21-6-3-7-22-36,37-23-8-4-9-24-37)38-25-10-5-11-26-38/h3-32H,1-2H3. The number of benzene rings is 7. The molecule has 0 atom stereocenters. The Morgan fingerprint density at radius 2 is 0.846 bits per heavy atom. The summed E-state index contributed by atoms with van der Waals surface area (Å²) in [4.78, 5) is 15.9. The Bertz CT molecular complexity index is 2530. The minimum Gasteiger partial charge on any atom is -0.278 e. The van der Waals surface area contributed by atoms with Gasteiger partial charge in [-0.3, -0.25) is 4.57 Å². The summed E-state index contributed by atoms with van der Waals surface area (Å²) >= 11 is 0. The number of para-hydroxylation sites is 2. The minimum absolute atomic E-state index is 0.600. The molecule has 0 aliphatic rings. The second-order valence-electron chi connectivity index (χ2n) is 13.3. The molecular weight excluding hydrogens is 649 g/mol. The number of fused-ring (bicyclic) bond motifs is 3. The lowest BCUT2D eigenvalue weighted by molar-refractivity contribution is 0.951. The topological polar surface area (TPSA) is 43.6 Å². The van der Waals surface area contributed by atoms with Crippen LogP contribution in [0.3, 0.4) is 0 Å². The van der Waals surface area contributed by atoms with Crippen molar-refractivity contribution in [2.75, 3.05) is 0 Å². The van der Waals surface area contributed by atoms with Crippen molar-refractivity contribution in [1.82, 2.24) is 19.5 Å². The van der Waals surface area contributed by atoms with E-state index in [4.69, 9.17) is 15.0 Å². The van der Waals surface area contributed by atoms with Crippen LogP contribution in [0.1, 0.15) is 11.1 Å². The van der Waals surface area contributed by atoms with Gasteiger partial charge in [0.15, 0.2) is 19.7 Å². The Kier molecular flexibility index (Phi) is 7.90. The van der Waals surface area contributed by atoms with Gasteiger partial charge in [-0.05, 0) is 57.9 Å². The molecule has 0 aliphatic carbocycles. The Hall–Kier alpha value is -6.43. The van der Waals surface area contributed by atoms with E-state index < -0.39 is 8.07 Å². The van der Waals surface area contributed by atoms with Crippen LogP contribution in [0.2, 0.25) is 0 Å². The predicted molar refractivity (Wildman–Crippen MR) is 218 cm³/mol. The highest BCUT2D eigenvalue weighted by molar-refractivity contribution is 7.19. The first kappa shape index (κ1) is 31.5. The number of rotatable bonds is 7. The SMILES string of the molecule is Cc1cccc(C)c1-c1nc(-c2cccc([Si](c3ccccc3)(c3ccccc3)c3ccccc3)c2)nc(-n2c3ccccc3c3ccccc32)n1. The van der Waals surface area contributed by atoms with Crippen molar-refractivity contribution < 1.29 is 0 Å².